The molecule has 1 rings (SSSR count). The number of likely N-dealkylation sites (N-methyl/N-ethyl adjacent to an activating group) is 1. The van der Waals surface area contributed by atoms with Gasteiger partial charge >= 0.3 is 5.97 Å². The molecule has 1 aromatic heterocycles. The fourth-order valence-electron chi connectivity index (χ4n) is 1.58. The van der Waals surface area contributed by atoms with E-state index in [-0.39, 0.29) is 18.7 Å². The van der Waals surface area contributed by atoms with Gasteiger partial charge in [0.2, 0.25) is 0 Å². The summed E-state index contributed by atoms with van der Waals surface area (Å²) in [6.07, 6.45) is 3.39. The molecule has 6 nitrogen and oxygen atoms in total. The second kappa shape index (κ2) is 6.90. The highest BCUT2D eigenvalue weighted by atomic mass is 16.5. The number of aromatic nitrogens is 2. The first-order chi connectivity index (χ1) is 8.52. The number of esters is 1. The van der Waals surface area contributed by atoms with Crippen molar-refractivity contribution in [2.24, 2.45) is 7.05 Å². The minimum Gasteiger partial charge on any atom is -0.466 e. The SMILES string of the molecule is CCOC(=O)CC(=O)CN(C)Cc1nccn1C. The van der Waals surface area contributed by atoms with Crippen molar-refractivity contribution in [3.63, 3.8) is 0 Å². The van der Waals surface area contributed by atoms with Crippen LogP contribution < -0.4 is 0 Å². The van der Waals surface area contributed by atoms with E-state index in [1.807, 2.05) is 29.8 Å². The van der Waals surface area contributed by atoms with Crippen LogP contribution in [0.2, 0.25) is 0 Å². The fourth-order valence-corrected chi connectivity index (χ4v) is 1.58. The zero-order valence-corrected chi connectivity index (χ0v) is 11.0. The standard InChI is InChI=1S/C12H19N3O3/c1-4-18-12(17)7-10(16)8-14(2)9-11-13-5-6-15(11)3/h5-6H,4,7-9H2,1-3H3. The van der Waals surface area contributed by atoms with Gasteiger partial charge in [-0.25, -0.2) is 4.98 Å². The van der Waals surface area contributed by atoms with E-state index in [1.165, 1.54) is 0 Å². The van der Waals surface area contributed by atoms with Gasteiger partial charge < -0.3 is 9.30 Å². The summed E-state index contributed by atoms with van der Waals surface area (Å²) in [5.74, 6) is 0.263. The van der Waals surface area contributed by atoms with Crippen LogP contribution >= 0.6 is 0 Å². The first-order valence-corrected chi connectivity index (χ1v) is 5.85. The zero-order chi connectivity index (χ0) is 13.5. The van der Waals surface area contributed by atoms with Crippen LogP contribution in [0.5, 0.6) is 0 Å². The van der Waals surface area contributed by atoms with Crippen molar-refractivity contribution in [1.29, 1.82) is 0 Å². The number of rotatable bonds is 7. The highest BCUT2D eigenvalue weighted by Gasteiger charge is 2.13. The molecule has 0 aliphatic carbocycles. The average molecular weight is 253 g/mol. The number of Topliss-reactive ketones (excluding diaryl/α,β-unsaturated/α-hetero) is 1. The van der Waals surface area contributed by atoms with Gasteiger partial charge in [0.1, 0.15) is 12.2 Å². The topological polar surface area (TPSA) is 64.4 Å². The van der Waals surface area contributed by atoms with E-state index in [4.69, 9.17) is 4.74 Å². The molecule has 0 fully saturated rings. The minimum absolute atomic E-state index is 0.148. The van der Waals surface area contributed by atoms with Crippen LogP contribution in [0.25, 0.3) is 0 Å². The summed E-state index contributed by atoms with van der Waals surface area (Å²) >= 11 is 0. The molecule has 0 aromatic carbocycles. The number of carbonyl (C=O) groups excluding carboxylic acids is 2. The number of nitrogens with zero attached hydrogens (tertiary/aromatic N) is 3. The van der Waals surface area contributed by atoms with E-state index >= 15 is 0 Å². The van der Waals surface area contributed by atoms with E-state index in [2.05, 4.69) is 4.98 Å². The summed E-state index contributed by atoms with van der Waals surface area (Å²) in [7, 11) is 3.72. The molecule has 1 heterocycles. The second-order valence-electron chi connectivity index (χ2n) is 4.15. The smallest absolute Gasteiger partial charge is 0.313 e. The quantitative estimate of drug-likeness (QED) is 0.519. The maximum absolute atomic E-state index is 11.6. The molecule has 1 aromatic rings. The third-order valence-electron chi connectivity index (χ3n) is 2.43. The molecule has 0 N–H and O–H groups in total. The summed E-state index contributed by atoms with van der Waals surface area (Å²) in [6, 6.07) is 0. The number of hydrogen-bond donors (Lipinski definition) is 0. The third kappa shape index (κ3) is 4.67. The predicted molar refractivity (Wildman–Crippen MR) is 65.8 cm³/mol. The highest BCUT2D eigenvalue weighted by Crippen LogP contribution is 2.00. The van der Waals surface area contributed by atoms with E-state index in [0.29, 0.717) is 13.2 Å². The predicted octanol–water partition coefficient (Wildman–Crippen LogP) is 0.374. The highest BCUT2D eigenvalue weighted by molar-refractivity contribution is 5.96. The van der Waals surface area contributed by atoms with Crippen LogP contribution in [0.15, 0.2) is 12.4 Å². The maximum atomic E-state index is 11.6. The second-order valence-corrected chi connectivity index (χ2v) is 4.15. The summed E-state index contributed by atoms with van der Waals surface area (Å²) in [6.45, 7) is 2.80. The van der Waals surface area contributed by atoms with E-state index in [1.54, 1.807) is 13.1 Å². The molecule has 0 spiro atoms. The Morgan fingerprint density at radius 3 is 2.78 bits per heavy atom. The number of imidazole rings is 1. The van der Waals surface area contributed by atoms with E-state index in [0.717, 1.165) is 5.82 Å². The first-order valence-electron chi connectivity index (χ1n) is 5.85. The van der Waals surface area contributed by atoms with Gasteiger partial charge in [-0.1, -0.05) is 0 Å². The Labute approximate surface area is 107 Å². The Morgan fingerprint density at radius 2 is 2.22 bits per heavy atom. The van der Waals surface area contributed by atoms with Crippen LogP contribution in [0.4, 0.5) is 0 Å². The van der Waals surface area contributed by atoms with Crippen LogP contribution in [0.3, 0.4) is 0 Å². The van der Waals surface area contributed by atoms with Crippen molar-refractivity contribution in [1.82, 2.24) is 14.5 Å². The third-order valence-corrected chi connectivity index (χ3v) is 2.43. The van der Waals surface area contributed by atoms with Gasteiger partial charge in [0.05, 0.1) is 19.7 Å². The molecule has 0 saturated carbocycles. The molecule has 0 aliphatic heterocycles. The molecule has 0 atom stereocenters. The van der Waals surface area contributed by atoms with Crippen LogP contribution in [-0.2, 0) is 27.9 Å². The van der Waals surface area contributed by atoms with Crippen molar-refractivity contribution in [3.8, 4) is 0 Å². The van der Waals surface area contributed by atoms with Gasteiger partial charge in [0, 0.05) is 19.4 Å². The van der Waals surface area contributed by atoms with Crippen molar-refractivity contribution in [2.75, 3.05) is 20.2 Å². The van der Waals surface area contributed by atoms with Gasteiger partial charge in [0.25, 0.3) is 0 Å². The van der Waals surface area contributed by atoms with Crippen LogP contribution in [0, 0.1) is 0 Å². The molecule has 0 unspecified atom stereocenters. The van der Waals surface area contributed by atoms with Crippen molar-refractivity contribution in [2.45, 2.75) is 19.9 Å². The van der Waals surface area contributed by atoms with Gasteiger partial charge in [-0.2, -0.15) is 0 Å². The lowest BCUT2D eigenvalue weighted by Gasteiger charge is -2.15. The van der Waals surface area contributed by atoms with Gasteiger partial charge in [-0.15, -0.1) is 0 Å². The van der Waals surface area contributed by atoms with E-state index < -0.39 is 5.97 Å². The summed E-state index contributed by atoms with van der Waals surface area (Å²) < 4.78 is 6.62. The van der Waals surface area contributed by atoms with Gasteiger partial charge in [0.15, 0.2) is 5.78 Å². The molecule has 0 saturated heterocycles. The van der Waals surface area contributed by atoms with Gasteiger partial charge in [-0.3, -0.25) is 14.5 Å². The zero-order valence-electron chi connectivity index (χ0n) is 11.0. The lowest BCUT2D eigenvalue weighted by Crippen LogP contribution is -2.28. The Morgan fingerprint density at radius 1 is 1.50 bits per heavy atom. The first kappa shape index (κ1) is 14.4. The molecule has 6 heteroatoms. The normalized spacial score (nSPS) is 10.7. The largest absolute Gasteiger partial charge is 0.466 e. The monoisotopic (exact) mass is 253 g/mol. The molecule has 18 heavy (non-hydrogen) atoms. The number of ketones is 1. The Hall–Kier alpha value is -1.69. The number of hydrogen-bond acceptors (Lipinski definition) is 5. The minimum atomic E-state index is -0.465. The molecular weight excluding hydrogens is 234 g/mol. The lowest BCUT2D eigenvalue weighted by atomic mass is 10.2. The number of aryl methyl sites for hydroxylation is 1. The van der Waals surface area contributed by atoms with Crippen LogP contribution in [-0.4, -0.2) is 46.4 Å². The van der Waals surface area contributed by atoms with Crippen molar-refractivity contribution < 1.29 is 14.3 Å². The molecule has 100 valence electrons. The Kier molecular flexibility index (Phi) is 5.51. The maximum Gasteiger partial charge on any atom is 0.313 e. The fraction of sp³-hybridized carbons (Fsp3) is 0.583. The number of ether oxygens (including phenoxy) is 1. The summed E-state index contributed by atoms with van der Waals surface area (Å²) in [5, 5.41) is 0. The van der Waals surface area contributed by atoms with Crippen molar-refractivity contribution >= 4 is 11.8 Å². The lowest BCUT2D eigenvalue weighted by molar-refractivity contribution is -0.145. The molecule has 0 radical (unpaired) electrons. The Bertz CT molecular complexity index is 414. The van der Waals surface area contributed by atoms with Crippen molar-refractivity contribution in [3.05, 3.63) is 18.2 Å². The summed E-state index contributed by atoms with van der Waals surface area (Å²) in [5.41, 5.74) is 0. The van der Waals surface area contributed by atoms with E-state index in [9.17, 15) is 9.59 Å². The molecule has 0 aliphatic rings. The number of carbonyl (C=O) groups is 2. The van der Waals surface area contributed by atoms with Gasteiger partial charge in [-0.05, 0) is 14.0 Å². The molecular formula is C12H19N3O3. The summed E-state index contributed by atoms with van der Waals surface area (Å²) in [4.78, 5) is 28.7. The molecule has 0 bridgehead atoms. The Balaban J connectivity index is 2.36. The van der Waals surface area contributed by atoms with Crippen LogP contribution in [0.1, 0.15) is 19.2 Å². The molecule has 0 amide bonds. The average Bonchev–Trinajstić information content (AvgIpc) is 2.64.